The topological polar surface area (TPSA) is 53.3 Å². The van der Waals surface area contributed by atoms with E-state index in [2.05, 4.69) is 22.4 Å². The first-order valence-electron chi connectivity index (χ1n) is 6.32. The van der Waals surface area contributed by atoms with E-state index in [0.29, 0.717) is 13.1 Å². The summed E-state index contributed by atoms with van der Waals surface area (Å²) in [5, 5.41) is 17.1. The smallest absolute Gasteiger partial charge is 0.0860 e. The van der Waals surface area contributed by atoms with Crippen LogP contribution >= 0.6 is 0 Å². The predicted molar refractivity (Wildman–Crippen MR) is 66.8 cm³/mol. The number of nitrogens with zero attached hydrogens (tertiary/aromatic N) is 3. The molecule has 0 aliphatic heterocycles. The van der Waals surface area contributed by atoms with Crippen LogP contribution in [0.15, 0.2) is 18.5 Å². The molecule has 1 fully saturated rings. The molecular formula is C12H22N4O. The molecule has 2 N–H and O–H groups in total. The summed E-state index contributed by atoms with van der Waals surface area (Å²) in [4.78, 5) is 2.38. The number of aromatic nitrogens is 2. The van der Waals surface area contributed by atoms with Crippen molar-refractivity contribution in [3.63, 3.8) is 0 Å². The largest absolute Gasteiger partial charge is 0.390 e. The van der Waals surface area contributed by atoms with Crippen LogP contribution in [0.1, 0.15) is 12.8 Å². The van der Waals surface area contributed by atoms with Gasteiger partial charge in [0.1, 0.15) is 0 Å². The van der Waals surface area contributed by atoms with Gasteiger partial charge in [-0.15, -0.1) is 0 Å². The van der Waals surface area contributed by atoms with Crippen molar-refractivity contribution in [2.24, 2.45) is 0 Å². The third-order valence-electron chi connectivity index (χ3n) is 3.15. The SMILES string of the molecule is CN(CCNCC(O)Cn1cccn1)C1CC1. The van der Waals surface area contributed by atoms with Gasteiger partial charge < -0.3 is 15.3 Å². The van der Waals surface area contributed by atoms with Gasteiger partial charge in [0, 0.05) is 38.1 Å². The van der Waals surface area contributed by atoms with Crippen molar-refractivity contribution in [3.8, 4) is 0 Å². The third kappa shape index (κ3) is 4.46. The second kappa shape index (κ2) is 6.14. The molecule has 1 aromatic rings. The monoisotopic (exact) mass is 238 g/mol. The number of hydrogen-bond acceptors (Lipinski definition) is 4. The molecule has 1 aliphatic carbocycles. The Bertz CT molecular complexity index is 310. The molecular weight excluding hydrogens is 216 g/mol. The highest BCUT2D eigenvalue weighted by atomic mass is 16.3. The van der Waals surface area contributed by atoms with Crippen LogP contribution in [0.4, 0.5) is 0 Å². The highest BCUT2D eigenvalue weighted by Gasteiger charge is 2.25. The normalized spacial score (nSPS) is 17.6. The number of aliphatic hydroxyl groups excluding tert-OH is 1. The van der Waals surface area contributed by atoms with Crippen LogP contribution in [0.25, 0.3) is 0 Å². The average molecular weight is 238 g/mol. The molecule has 1 heterocycles. The van der Waals surface area contributed by atoms with Crippen molar-refractivity contribution in [1.29, 1.82) is 0 Å². The van der Waals surface area contributed by atoms with Crippen molar-refractivity contribution in [2.75, 3.05) is 26.7 Å². The van der Waals surface area contributed by atoms with Gasteiger partial charge in [0.2, 0.25) is 0 Å². The van der Waals surface area contributed by atoms with Gasteiger partial charge in [-0.1, -0.05) is 0 Å². The van der Waals surface area contributed by atoms with Gasteiger partial charge in [-0.05, 0) is 26.0 Å². The highest BCUT2D eigenvalue weighted by molar-refractivity contribution is 4.82. The van der Waals surface area contributed by atoms with Crippen molar-refractivity contribution >= 4 is 0 Å². The Morgan fingerprint density at radius 2 is 2.41 bits per heavy atom. The summed E-state index contributed by atoms with van der Waals surface area (Å²) in [6, 6.07) is 2.68. The maximum atomic E-state index is 9.77. The Balaban J connectivity index is 1.52. The van der Waals surface area contributed by atoms with Crippen LogP contribution < -0.4 is 5.32 Å². The summed E-state index contributed by atoms with van der Waals surface area (Å²) >= 11 is 0. The number of nitrogens with one attached hydrogen (secondary N) is 1. The first kappa shape index (κ1) is 12.5. The van der Waals surface area contributed by atoms with E-state index in [1.54, 1.807) is 10.9 Å². The van der Waals surface area contributed by atoms with Crippen LogP contribution in [0.2, 0.25) is 0 Å². The lowest BCUT2D eigenvalue weighted by Gasteiger charge is -2.17. The van der Waals surface area contributed by atoms with E-state index in [-0.39, 0.29) is 6.10 Å². The van der Waals surface area contributed by atoms with Crippen LogP contribution in [0.5, 0.6) is 0 Å². The van der Waals surface area contributed by atoms with Crippen molar-refractivity contribution in [2.45, 2.75) is 31.5 Å². The zero-order chi connectivity index (χ0) is 12.1. The fourth-order valence-corrected chi connectivity index (χ4v) is 1.91. The number of hydrogen-bond donors (Lipinski definition) is 2. The quantitative estimate of drug-likeness (QED) is 0.622. The number of aliphatic hydroxyl groups is 1. The maximum absolute atomic E-state index is 9.77. The summed E-state index contributed by atoms with van der Waals surface area (Å²) in [6.07, 6.45) is 5.91. The minimum Gasteiger partial charge on any atom is -0.390 e. The van der Waals surface area contributed by atoms with E-state index < -0.39 is 0 Å². The van der Waals surface area contributed by atoms with Crippen molar-refractivity contribution in [3.05, 3.63) is 18.5 Å². The molecule has 1 saturated carbocycles. The minimum absolute atomic E-state index is 0.374. The van der Waals surface area contributed by atoms with Crippen LogP contribution in [0, 0.1) is 0 Å². The molecule has 1 aromatic heterocycles. The fourth-order valence-electron chi connectivity index (χ4n) is 1.91. The maximum Gasteiger partial charge on any atom is 0.0860 e. The summed E-state index contributed by atoms with van der Waals surface area (Å²) in [5.41, 5.74) is 0. The first-order valence-corrected chi connectivity index (χ1v) is 6.32. The summed E-state index contributed by atoms with van der Waals surface area (Å²) < 4.78 is 1.75. The molecule has 0 bridgehead atoms. The number of likely N-dealkylation sites (N-methyl/N-ethyl adjacent to an activating group) is 1. The van der Waals surface area contributed by atoms with E-state index in [1.165, 1.54) is 12.8 Å². The lowest BCUT2D eigenvalue weighted by atomic mass is 10.3. The van der Waals surface area contributed by atoms with Crippen molar-refractivity contribution in [1.82, 2.24) is 20.0 Å². The molecule has 1 unspecified atom stereocenters. The second-order valence-corrected chi connectivity index (χ2v) is 4.80. The van der Waals surface area contributed by atoms with E-state index >= 15 is 0 Å². The molecule has 2 rings (SSSR count). The lowest BCUT2D eigenvalue weighted by Crippen LogP contribution is -2.36. The number of rotatable bonds is 8. The molecule has 96 valence electrons. The first-order chi connectivity index (χ1) is 8.25. The highest BCUT2D eigenvalue weighted by Crippen LogP contribution is 2.24. The molecule has 17 heavy (non-hydrogen) atoms. The van der Waals surface area contributed by atoms with Crippen molar-refractivity contribution < 1.29 is 5.11 Å². The third-order valence-corrected chi connectivity index (χ3v) is 3.15. The Morgan fingerprint density at radius 1 is 1.59 bits per heavy atom. The van der Waals surface area contributed by atoms with Gasteiger partial charge in [0.25, 0.3) is 0 Å². The Morgan fingerprint density at radius 3 is 3.06 bits per heavy atom. The van der Waals surface area contributed by atoms with Crippen LogP contribution in [-0.2, 0) is 6.54 Å². The van der Waals surface area contributed by atoms with Gasteiger partial charge in [0.05, 0.1) is 12.6 Å². The minimum atomic E-state index is -0.374. The molecule has 0 aromatic carbocycles. The summed E-state index contributed by atoms with van der Waals surface area (Å²) in [7, 11) is 2.17. The fraction of sp³-hybridized carbons (Fsp3) is 0.750. The molecule has 1 aliphatic rings. The molecule has 0 spiro atoms. The zero-order valence-electron chi connectivity index (χ0n) is 10.4. The van der Waals surface area contributed by atoms with Crippen LogP contribution in [-0.4, -0.2) is 58.6 Å². The Labute approximate surface area is 102 Å². The van der Waals surface area contributed by atoms with E-state index in [0.717, 1.165) is 19.1 Å². The summed E-state index contributed by atoms with van der Waals surface area (Å²) in [5.74, 6) is 0. The van der Waals surface area contributed by atoms with E-state index in [4.69, 9.17) is 0 Å². The van der Waals surface area contributed by atoms with Gasteiger partial charge in [-0.25, -0.2) is 0 Å². The molecule has 5 heteroatoms. The standard InChI is InChI=1S/C12H22N4O/c1-15(11-3-4-11)8-6-13-9-12(17)10-16-7-2-5-14-16/h2,5,7,11-13,17H,3-4,6,8-10H2,1H3. The van der Waals surface area contributed by atoms with Gasteiger partial charge in [-0.3, -0.25) is 4.68 Å². The predicted octanol–water partition coefficient (Wildman–Crippen LogP) is -0.0722. The van der Waals surface area contributed by atoms with Crippen LogP contribution in [0.3, 0.4) is 0 Å². The molecule has 0 amide bonds. The van der Waals surface area contributed by atoms with Gasteiger partial charge in [0.15, 0.2) is 0 Å². The molecule has 5 nitrogen and oxygen atoms in total. The average Bonchev–Trinajstić information content (AvgIpc) is 3.04. The van der Waals surface area contributed by atoms with E-state index in [9.17, 15) is 5.11 Å². The second-order valence-electron chi connectivity index (χ2n) is 4.80. The lowest BCUT2D eigenvalue weighted by molar-refractivity contribution is 0.145. The molecule has 0 radical (unpaired) electrons. The zero-order valence-corrected chi connectivity index (χ0v) is 10.4. The Hall–Kier alpha value is -0.910. The van der Waals surface area contributed by atoms with Gasteiger partial charge in [-0.2, -0.15) is 5.10 Å². The van der Waals surface area contributed by atoms with E-state index in [1.807, 2.05) is 12.3 Å². The summed E-state index contributed by atoms with van der Waals surface area (Å²) in [6.45, 7) is 3.17. The van der Waals surface area contributed by atoms with Gasteiger partial charge >= 0.3 is 0 Å². The Kier molecular flexibility index (Phi) is 4.53. The molecule has 1 atom stereocenters. The molecule has 0 saturated heterocycles.